The van der Waals surface area contributed by atoms with Crippen LogP contribution in [0.25, 0.3) is 44.8 Å². The number of nitrogens with zero attached hydrogens (tertiary/aromatic N) is 4. The number of hydrogen-bond acceptors (Lipinski definition) is 10. The van der Waals surface area contributed by atoms with Crippen LogP contribution >= 0.6 is 45.8 Å². The minimum absolute atomic E-state index is 0.0787. The summed E-state index contributed by atoms with van der Waals surface area (Å²) in [5.74, 6) is 0. The van der Waals surface area contributed by atoms with Crippen molar-refractivity contribution >= 4 is 65.5 Å². The van der Waals surface area contributed by atoms with Crippen molar-refractivity contribution in [3.63, 3.8) is 0 Å². The largest absolute Gasteiger partial charge is 0.376 e. The molecule has 6 aromatic rings. The van der Waals surface area contributed by atoms with E-state index in [1.54, 1.807) is 67.1 Å². The maximum Gasteiger partial charge on any atom is 0.175 e. The summed E-state index contributed by atoms with van der Waals surface area (Å²) in [5, 5.41) is 1.02. The van der Waals surface area contributed by atoms with Crippen molar-refractivity contribution < 1.29 is 26.3 Å². The van der Waals surface area contributed by atoms with Gasteiger partial charge in [-0.3, -0.25) is 19.9 Å². The third-order valence-corrected chi connectivity index (χ3v) is 14.1. The standard InChI is InChI=1S/C24H27ClN2O3S.C18H15ClN2O2S.C6H13IO/c1-5-30-24(2,3)13-12-20-9-6-18(15-26-20)23-22(14-19(25)16-27-23)17-7-10-21(11-8-17)31(4,28)29;1-12-3-4-14(10-20-12)18-17(9-15(19)11-21-18)13-5-7-16(8-6-13)24(2,22)23;1-4-8-6(2,3)5-7/h6-11,14-16H,5,12-13H2,1-4H3;3-11H,1-2H3;4-5H2,1-3H3. The summed E-state index contributed by atoms with van der Waals surface area (Å²) in [4.78, 5) is 18.4. The SMILES string of the molecule is CCOC(C)(C)CCc1ccc(-c2ncc(Cl)cc2-c2ccc(S(C)(=O)=O)cc2)cn1.CCOC(C)(C)CI.Cc1ccc(-c2ncc(Cl)cc2-c2ccc(S(C)(=O)=O)cc2)cn1. The highest BCUT2D eigenvalue weighted by molar-refractivity contribution is 14.1. The zero-order chi connectivity index (χ0) is 46.6. The van der Waals surface area contributed by atoms with E-state index in [9.17, 15) is 16.8 Å². The third-order valence-electron chi connectivity index (χ3n) is 9.55. The van der Waals surface area contributed by atoms with Crippen LogP contribution in [0.1, 0.15) is 59.4 Å². The Morgan fingerprint density at radius 2 is 0.984 bits per heavy atom. The number of ether oxygens (including phenoxy) is 2. The summed E-state index contributed by atoms with van der Waals surface area (Å²) >= 11 is 14.6. The molecule has 0 N–H and O–H groups in total. The molecule has 63 heavy (non-hydrogen) atoms. The molecule has 0 fully saturated rings. The number of halogens is 3. The molecular weight excluding hydrogens is 990 g/mol. The molecule has 10 nitrogen and oxygen atoms in total. The van der Waals surface area contributed by atoms with Crippen molar-refractivity contribution in [3.05, 3.63) is 131 Å². The minimum Gasteiger partial charge on any atom is -0.376 e. The Kier molecular flexibility index (Phi) is 18.8. The Labute approximate surface area is 397 Å². The van der Waals surface area contributed by atoms with E-state index in [4.69, 9.17) is 32.7 Å². The zero-order valence-electron chi connectivity index (χ0n) is 37.1. The van der Waals surface area contributed by atoms with Gasteiger partial charge in [0.25, 0.3) is 0 Å². The Balaban J connectivity index is 0.000000241. The first-order chi connectivity index (χ1) is 29.6. The van der Waals surface area contributed by atoms with Gasteiger partial charge in [0.15, 0.2) is 19.7 Å². The molecule has 0 aliphatic heterocycles. The fourth-order valence-corrected chi connectivity index (χ4v) is 7.98. The summed E-state index contributed by atoms with van der Waals surface area (Å²) in [5.41, 5.74) is 8.36. The molecule has 0 saturated heterocycles. The summed E-state index contributed by atoms with van der Waals surface area (Å²) in [6.07, 6.45) is 10.8. The zero-order valence-corrected chi connectivity index (χ0v) is 42.4. The van der Waals surface area contributed by atoms with Crippen LogP contribution in [0.5, 0.6) is 0 Å². The first-order valence-electron chi connectivity index (χ1n) is 20.2. The van der Waals surface area contributed by atoms with Crippen molar-refractivity contribution in [2.24, 2.45) is 0 Å². The normalized spacial score (nSPS) is 11.9. The van der Waals surface area contributed by atoms with Gasteiger partial charge in [-0.2, -0.15) is 0 Å². The molecule has 0 spiro atoms. The van der Waals surface area contributed by atoms with Crippen molar-refractivity contribution in [2.75, 3.05) is 30.2 Å². The molecule has 0 saturated carbocycles. The lowest BCUT2D eigenvalue weighted by atomic mass is 9.99. The van der Waals surface area contributed by atoms with Gasteiger partial charge in [-0.1, -0.05) is 70.1 Å². The predicted molar refractivity (Wildman–Crippen MR) is 265 cm³/mol. The Hall–Kier alpha value is -3.83. The third kappa shape index (κ3) is 16.0. The Morgan fingerprint density at radius 1 is 0.571 bits per heavy atom. The van der Waals surface area contributed by atoms with Gasteiger partial charge in [0.05, 0.1) is 42.4 Å². The number of aryl methyl sites for hydroxylation is 2. The number of pyridine rings is 4. The first kappa shape index (κ1) is 51.8. The molecule has 4 aromatic heterocycles. The molecule has 0 radical (unpaired) electrons. The first-order valence-corrected chi connectivity index (χ1v) is 26.3. The van der Waals surface area contributed by atoms with Gasteiger partial charge in [-0.05, 0) is 133 Å². The van der Waals surface area contributed by atoms with Crippen molar-refractivity contribution in [1.29, 1.82) is 0 Å². The highest BCUT2D eigenvalue weighted by atomic mass is 127. The van der Waals surface area contributed by atoms with Crippen LogP contribution in [0.2, 0.25) is 10.0 Å². The average molecular weight is 1050 g/mol. The molecule has 0 bridgehead atoms. The lowest BCUT2D eigenvalue weighted by Gasteiger charge is -2.24. The highest BCUT2D eigenvalue weighted by Gasteiger charge is 2.19. The molecule has 0 aliphatic rings. The lowest BCUT2D eigenvalue weighted by molar-refractivity contribution is -0.0159. The fraction of sp³-hybridized carbons (Fsp3) is 0.333. The number of aromatic nitrogens is 4. The topological polar surface area (TPSA) is 138 Å². The van der Waals surface area contributed by atoms with Crippen molar-refractivity contribution in [3.8, 4) is 44.8 Å². The molecule has 336 valence electrons. The molecule has 0 unspecified atom stereocenters. The monoisotopic (exact) mass is 1040 g/mol. The van der Waals surface area contributed by atoms with E-state index < -0.39 is 19.7 Å². The van der Waals surface area contributed by atoms with Gasteiger partial charge < -0.3 is 9.47 Å². The fourth-order valence-electron chi connectivity index (χ4n) is 6.18. The van der Waals surface area contributed by atoms with Crippen LogP contribution < -0.4 is 0 Å². The van der Waals surface area contributed by atoms with Crippen LogP contribution in [0.15, 0.2) is 120 Å². The maximum atomic E-state index is 11.8. The molecule has 0 aliphatic carbocycles. The average Bonchev–Trinajstić information content (AvgIpc) is 3.23. The smallest absolute Gasteiger partial charge is 0.175 e. The van der Waals surface area contributed by atoms with E-state index in [2.05, 4.69) is 70.2 Å². The molecule has 2 aromatic carbocycles. The Bertz CT molecular complexity index is 2650. The molecule has 4 heterocycles. The molecular formula is C48H55Cl2IN4O6S2. The second-order valence-electron chi connectivity index (χ2n) is 15.9. The van der Waals surface area contributed by atoms with Crippen LogP contribution in [0.4, 0.5) is 0 Å². The number of hydrogen-bond donors (Lipinski definition) is 0. The van der Waals surface area contributed by atoms with Crippen molar-refractivity contribution in [1.82, 2.24) is 19.9 Å². The van der Waals surface area contributed by atoms with E-state index in [0.29, 0.717) is 16.7 Å². The second kappa shape index (κ2) is 22.9. The maximum absolute atomic E-state index is 11.8. The van der Waals surface area contributed by atoms with Gasteiger partial charge in [-0.15, -0.1) is 0 Å². The van der Waals surface area contributed by atoms with E-state index in [1.165, 1.54) is 12.5 Å². The summed E-state index contributed by atoms with van der Waals surface area (Å²) in [6, 6.07) is 24.9. The highest BCUT2D eigenvalue weighted by Crippen LogP contribution is 2.34. The molecule has 15 heteroatoms. The number of alkyl halides is 1. The summed E-state index contributed by atoms with van der Waals surface area (Å²) < 4.78 is 58.9. The van der Waals surface area contributed by atoms with Crippen LogP contribution in [0.3, 0.4) is 0 Å². The van der Waals surface area contributed by atoms with E-state index in [1.807, 2.05) is 63.4 Å². The Morgan fingerprint density at radius 3 is 1.33 bits per heavy atom. The summed E-state index contributed by atoms with van der Waals surface area (Å²) in [6.45, 7) is 15.8. The van der Waals surface area contributed by atoms with Gasteiger partial charge in [0, 0.05) is 88.6 Å². The van der Waals surface area contributed by atoms with E-state index in [-0.39, 0.29) is 21.0 Å². The van der Waals surface area contributed by atoms with Crippen LogP contribution in [-0.4, -0.2) is 78.1 Å². The van der Waals surface area contributed by atoms with E-state index >= 15 is 0 Å². The molecule has 6 rings (SSSR count). The molecule has 0 atom stereocenters. The van der Waals surface area contributed by atoms with Crippen LogP contribution in [0, 0.1) is 6.92 Å². The van der Waals surface area contributed by atoms with Crippen molar-refractivity contribution in [2.45, 2.75) is 82.3 Å². The number of sulfone groups is 2. The van der Waals surface area contributed by atoms with Gasteiger partial charge in [-0.25, -0.2) is 16.8 Å². The van der Waals surface area contributed by atoms with Gasteiger partial charge in [0.2, 0.25) is 0 Å². The molecule has 0 amide bonds. The quantitative estimate of drug-likeness (QED) is 0.0765. The second-order valence-corrected chi connectivity index (χ2v) is 21.6. The van der Waals surface area contributed by atoms with Gasteiger partial charge in [0.1, 0.15) is 0 Å². The summed E-state index contributed by atoms with van der Waals surface area (Å²) in [7, 11) is -6.49. The lowest BCUT2D eigenvalue weighted by Crippen LogP contribution is -2.25. The number of rotatable bonds is 14. The van der Waals surface area contributed by atoms with E-state index in [0.717, 1.165) is 80.0 Å². The van der Waals surface area contributed by atoms with Crippen LogP contribution in [-0.2, 0) is 35.6 Å². The number of benzene rings is 2. The predicted octanol–water partition coefficient (Wildman–Crippen LogP) is 12.0. The minimum atomic E-state index is -3.26. The van der Waals surface area contributed by atoms with Gasteiger partial charge >= 0.3 is 0 Å².